The van der Waals surface area contributed by atoms with Crippen molar-refractivity contribution < 1.29 is 9.90 Å². The molecule has 94 valence electrons. The molecule has 1 heterocycles. The number of phenolic OH excluding ortho intramolecular Hbond substituents is 1. The molecular formula is C14H16N2O2. The zero-order valence-electron chi connectivity index (χ0n) is 10.3. The van der Waals surface area contributed by atoms with Crippen LogP contribution in [0.3, 0.4) is 0 Å². The van der Waals surface area contributed by atoms with Gasteiger partial charge in [-0.2, -0.15) is 0 Å². The third-order valence-electron chi connectivity index (χ3n) is 2.79. The van der Waals surface area contributed by atoms with Crippen molar-refractivity contribution in [2.24, 2.45) is 0 Å². The van der Waals surface area contributed by atoms with Crippen molar-refractivity contribution in [3.63, 3.8) is 0 Å². The molecule has 0 aliphatic heterocycles. The van der Waals surface area contributed by atoms with Gasteiger partial charge < -0.3 is 15.0 Å². The van der Waals surface area contributed by atoms with E-state index < -0.39 is 0 Å². The molecule has 18 heavy (non-hydrogen) atoms. The molecule has 4 heteroatoms. The highest BCUT2D eigenvalue weighted by Crippen LogP contribution is 2.09. The number of hydrogen-bond acceptors (Lipinski definition) is 2. The third kappa shape index (κ3) is 2.71. The van der Waals surface area contributed by atoms with Gasteiger partial charge >= 0.3 is 0 Å². The molecule has 0 bridgehead atoms. The number of benzene rings is 1. The summed E-state index contributed by atoms with van der Waals surface area (Å²) in [4.78, 5) is 11.9. The molecule has 0 unspecified atom stereocenters. The highest BCUT2D eigenvalue weighted by Gasteiger charge is 2.08. The summed E-state index contributed by atoms with van der Waals surface area (Å²) in [5, 5.41) is 12.0. The molecule has 0 saturated carbocycles. The van der Waals surface area contributed by atoms with Crippen molar-refractivity contribution in [3.8, 4) is 5.75 Å². The van der Waals surface area contributed by atoms with Crippen LogP contribution in [-0.4, -0.2) is 15.6 Å². The van der Waals surface area contributed by atoms with Gasteiger partial charge in [-0.05, 0) is 36.8 Å². The van der Waals surface area contributed by atoms with Crippen molar-refractivity contribution in [3.05, 3.63) is 53.9 Å². The first-order valence-electron chi connectivity index (χ1n) is 5.92. The first-order chi connectivity index (χ1) is 8.70. The number of carbonyl (C=O) groups excluding carboxylic acids is 1. The Morgan fingerprint density at radius 3 is 2.67 bits per heavy atom. The van der Waals surface area contributed by atoms with Crippen molar-refractivity contribution in [2.75, 3.05) is 0 Å². The number of carbonyl (C=O) groups is 1. The van der Waals surface area contributed by atoms with Crippen LogP contribution in [0.15, 0.2) is 42.6 Å². The van der Waals surface area contributed by atoms with Crippen LogP contribution in [0.1, 0.15) is 23.0 Å². The van der Waals surface area contributed by atoms with Crippen molar-refractivity contribution in [1.82, 2.24) is 9.88 Å². The lowest BCUT2D eigenvalue weighted by atomic mass is 10.2. The number of aromatic nitrogens is 1. The minimum absolute atomic E-state index is 0.0880. The summed E-state index contributed by atoms with van der Waals surface area (Å²) in [5.74, 6) is 0.139. The molecular weight excluding hydrogens is 228 g/mol. The molecule has 1 amide bonds. The molecule has 0 aliphatic rings. The molecule has 2 N–H and O–H groups in total. The number of phenols is 1. The Kier molecular flexibility index (Phi) is 3.67. The first-order valence-corrected chi connectivity index (χ1v) is 5.92. The van der Waals surface area contributed by atoms with E-state index in [1.54, 1.807) is 30.3 Å². The molecule has 0 spiro atoms. The van der Waals surface area contributed by atoms with Gasteiger partial charge in [0.25, 0.3) is 5.91 Å². The Bertz CT molecular complexity index is 529. The van der Waals surface area contributed by atoms with Crippen LogP contribution < -0.4 is 5.32 Å². The second kappa shape index (κ2) is 5.40. The molecule has 0 aliphatic carbocycles. The van der Waals surface area contributed by atoms with Crippen molar-refractivity contribution in [1.29, 1.82) is 0 Å². The van der Waals surface area contributed by atoms with E-state index in [1.165, 1.54) is 0 Å². The lowest BCUT2D eigenvalue weighted by Gasteiger charge is -2.08. The quantitative estimate of drug-likeness (QED) is 0.865. The second-order valence-corrected chi connectivity index (χ2v) is 4.03. The summed E-state index contributed by atoms with van der Waals surface area (Å²) in [6.07, 6.45) is 1.88. The Hall–Kier alpha value is -2.23. The molecule has 2 aromatic rings. The van der Waals surface area contributed by atoms with Crippen LogP contribution in [0, 0.1) is 0 Å². The molecule has 1 aromatic carbocycles. The number of rotatable bonds is 4. The van der Waals surface area contributed by atoms with E-state index in [9.17, 15) is 4.79 Å². The van der Waals surface area contributed by atoms with E-state index >= 15 is 0 Å². The highest BCUT2D eigenvalue weighted by atomic mass is 16.3. The van der Waals surface area contributed by atoms with Gasteiger partial charge in [0, 0.05) is 19.3 Å². The zero-order valence-corrected chi connectivity index (χ0v) is 10.3. The standard InChI is InChI=1S/C14H16N2O2/c1-2-16-9-3-4-13(16)14(18)15-10-11-5-7-12(17)8-6-11/h3-9,17H,2,10H2,1H3,(H,15,18). The van der Waals surface area contributed by atoms with Crippen LogP contribution in [0.25, 0.3) is 0 Å². The van der Waals surface area contributed by atoms with Crippen LogP contribution in [0.4, 0.5) is 0 Å². The van der Waals surface area contributed by atoms with Crippen molar-refractivity contribution in [2.45, 2.75) is 20.0 Å². The van der Waals surface area contributed by atoms with Gasteiger partial charge in [-0.25, -0.2) is 0 Å². The maximum Gasteiger partial charge on any atom is 0.268 e. The largest absolute Gasteiger partial charge is 0.508 e. The maximum absolute atomic E-state index is 11.9. The normalized spacial score (nSPS) is 10.3. The minimum atomic E-state index is -0.0880. The van der Waals surface area contributed by atoms with Crippen LogP contribution in [0.5, 0.6) is 5.75 Å². The Morgan fingerprint density at radius 2 is 2.00 bits per heavy atom. The van der Waals surface area contributed by atoms with E-state index in [0.29, 0.717) is 12.2 Å². The average Bonchev–Trinajstić information content (AvgIpc) is 2.86. The van der Waals surface area contributed by atoms with E-state index in [4.69, 9.17) is 5.11 Å². The SMILES string of the molecule is CCn1cccc1C(=O)NCc1ccc(O)cc1. The first kappa shape index (κ1) is 12.2. The molecule has 0 radical (unpaired) electrons. The van der Waals surface area contributed by atoms with Crippen LogP contribution >= 0.6 is 0 Å². The van der Waals surface area contributed by atoms with Crippen LogP contribution in [0.2, 0.25) is 0 Å². The Morgan fingerprint density at radius 1 is 1.28 bits per heavy atom. The number of nitrogens with one attached hydrogen (secondary N) is 1. The lowest BCUT2D eigenvalue weighted by molar-refractivity contribution is 0.0942. The predicted molar refractivity (Wildman–Crippen MR) is 69.4 cm³/mol. The molecule has 0 atom stereocenters. The zero-order chi connectivity index (χ0) is 13.0. The highest BCUT2D eigenvalue weighted by molar-refractivity contribution is 5.92. The van der Waals surface area contributed by atoms with E-state index in [0.717, 1.165) is 12.1 Å². The predicted octanol–water partition coefficient (Wildman–Crippen LogP) is 2.14. The van der Waals surface area contributed by atoms with Gasteiger partial charge in [0.1, 0.15) is 11.4 Å². The molecule has 2 rings (SSSR count). The number of aryl methyl sites for hydroxylation is 1. The molecule has 0 saturated heterocycles. The van der Waals surface area contributed by atoms with Crippen molar-refractivity contribution >= 4 is 5.91 Å². The minimum Gasteiger partial charge on any atom is -0.508 e. The third-order valence-corrected chi connectivity index (χ3v) is 2.79. The second-order valence-electron chi connectivity index (χ2n) is 4.03. The monoisotopic (exact) mass is 244 g/mol. The van der Waals surface area contributed by atoms with Gasteiger partial charge in [0.15, 0.2) is 0 Å². The summed E-state index contributed by atoms with van der Waals surface area (Å²) < 4.78 is 1.89. The summed E-state index contributed by atoms with van der Waals surface area (Å²) >= 11 is 0. The van der Waals surface area contributed by atoms with Crippen LogP contribution in [-0.2, 0) is 13.1 Å². The fourth-order valence-electron chi connectivity index (χ4n) is 1.78. The number of nitrogens with zero attached hydrogens (tertiary/aromatic N) is 1. The fourth-order valence-corrected chi connectivity index (χ4v) is 1.78. The lowest BCUT2D eigenvalue weighted by Crippen LogP contribution is -2.25. The molecule has 0 fully saturated rings. The smallest absolute Gasteiger partial charge is 0.268 e. The molecule has 4 nitrogen and oxygen atoms in total. The summed E-state index contributed by atoms with van der Waals surface area (Å²) in [7, 11) is 0. The average molecular weight is 244 g/mol. The Balaban J connectivity index is 1.98. The van der Waals surface area contributed by atoms with Gasteiger partial charge in [-0.1, -0.05) is 12.1 Å². The Labute approximate surface area is 106 Å². The van der Waals surface area contributed by atoms with E-state index in [2.05, 4.69) is 5.32 Å². The van der Waals surface area contributed by atoms with E-state index in [-0.39, 0.29) is 11.7 Å². The number of aromatic hydroxyl groups is 1. The van der Waals surface area contributed by atoms with Gasteiger partial charge in [-0.3, -0.25) is 4.79 Å². The fraction of sp³-hybridized carbons (Fsp3) is 0.214. The van der Waals surface area contributed by atoms with E-state index in [1.807, 2.05) is 23.8 Å². The van der Waals surface area contributed by atoms with Gasteiger partial charge in [-0.15, -0.1) is 0 Å². The maximum atomic E-state index is 11.9. The molecule has 1 aromatic heterocycles. The summed E-state index contributed by atoms with van der Waals surface area (Å²) in [6.45, 7) is 3.22. The number of hydrogen-bond donors (Lipinski definition) is 2. The topological polar surface area (TPSA) is 54.3 Å². The number of amides is 1. The summed E-state index contributed by atoms with van der Waals surface area (Å²) in [6, 6.07) is 10.4. The summed E-state index contributed by atoms with van der Waals surface area (Å²) in [5.41, 5.74) is 1.62. The van der Waals surface area contributed by atoms with Gasteiger partial charge in [0.05, 0.1) is 0 Å². The van der Waals surface area contributed by atoms with Gasteiger partial charge in [0.2, 0.25) is 0 Å².